The largest absolute Gasteiger partial charge is 0.481 e. The molecule has 3 aromatic rings. The average Bonchev–Trinajstić information content (AvgIpc) is 3.05. The molecule has 2 aromatic carbocycles. The van der Waals surface area contributed by atoms with Crippen LogP contribution in [-0.2, 0) is 16.0 Å². The summed E-state index contributed by atoms with van der Waals surface area (Å²) in [5.41, 5.74) is 4.71. The van der Waals surface area contributed by atoms with E-state index in [0.29, 0.717) is 19.4 Å². The molecule has 1 aliphatic carbocycles. The van der Waals surface area contributed by atoms with Crippen LogP contribution in [0.5, 0.6) is 0 Å². The van der Waals surface area contributed by atoms with Crippen LogP contribution >= 0.6 is 0 Å². The van der Waals surface area contributed by atoms with Gasteiger partial charge in [0.15, 0.2) is 0 Å². The molecule has 1 fully saturated rings. The highest BCUT2D eigenvalue weighted by Crippen LogP contribution is 2.31. The van der Waals surface area contributed by atoms with E-state index in [0.717, 1.165) is 24.9 Å². The van der Waals surface area contributed by atoms with E-state index >= 15 is 0 Å². The number of hydrogen-bond donors (Lipinski definition) is 2. The molecule has 4 rings (SSSR count). The molecular formula is C25H28N2O3. The Balaban J connectivity index is 1.49. The first-order valence-electron chi connectivity index (χ1n) is 10.7. The van der Waals surface area contributed by atoms with Crippen LogP contribution < -0.4 is 5.32 Å². The van der Waals surface area contributed by atoms with E-state index < -0.39 is 5.97 Å². The van der Waals surface area contributed by atoms with Crippen molar-refractivity contribution in [1.82, 2.24) is 9.88 Å². The molecule has 2 N–H and O–H groups in total. The number of carbonyl (C=O) groups excluding carboxylic acids is 1. The molecule has 0 spiro atoms. The van der Waals surface area contributed by atoms with Crippen LogP contribution in [0.2, 0.25) is 0 Å². The predicted molar refractivity (Wildman–Crippen MR) is 118 cm³/mol. The second kappa shape index (κ2) is 8.74. The van der Waals surface area contributed by atoms with Gasteiger partial charge in [-0.1, -0.05) is 42.8 Å². The second-order valence-electron chi connectivity index (χ2n) is 8.19. The Bertz CT molecular complexity index is 1050. The van der Waals surface area contributed by atoms with Crippen molar-refractivity contribution < 1.29 is 14.7 Å². The Labute approximate surface area is 176 Å². The molecule has 1 aliphatic rings. The van der Waals surface area contributed by atoms with E-state index in [4.69, 9.17) is 0 Å². The van der Waals surface area contributed by atoms with Gasteiger partial charge in [-0.2, -0.15) is 0 Å². The van der Waals surface area contributed by atoms with E-state index in [1.807, 2.05) is 24.3 Å². The molecule has 1 saturated carbocycles. The quantitative estimate of drug-likeness (QED) is 0.636. The molecule has 5 nitrogen and oxygen atoms in total. The summed E-state index contributed by atoms with van der Waals surface area (Å²) in [5.74, 6) is -1.37. The first-order chi connectivity index (χ1) is 14.6. The third kappa shape index (κ3) is 3.97. The molecule has 0 unspecified atom stereocenters. The molecule has 0 bridgehead atoms. The van der Waals surface area contributed by atoms with Crippen molar-refractivity contribution in [3.63, 3.8) is 0 Å². The maximum atomic E-state index is 12.6. The predicted octanol–water partition coefficient (Wildman–Crippen LogP) is 4.49. The van der Waals surface area contributed by atoms with Crippen molar-refractivity contribution in [2.75, 3.05) is 6.54 Å². The first-order valence-corrected chi connectivity index (χ1v) is 10.7. The smallest absolute Gasteiger partial charge is 0.306 e. The zero-order valence-electron chi connectivity index (χ0n) is 17.3. The highest BCUT2D eigenvalue weighted by atomic mass is 16.4. The summed E-state index contributed by atoms with van der Waals surface area (Å²) >= 11 is 0. The van der Waals surface area contributed by atoms with E-state index in [1.165, 1.54) is 22.2 Å². The Hall–Kier alpha value is -3.08. The number of carboxylic acids is 1. The number of amides is 1. The van der Waals surface area contributed by atoms with Gasteiger partial charge in [-0.3, -0.25) is 9.59 Å². The van der Waals surface area contributed by atoms with Gasteiger partial charge in [-0.15, -0.1) is 0 Å². The van der Waals surface area contributed by atoms with Gasteiger partial charge in [0.2, 0.25) is 5.91 Å². The number of carboxylic acid groups (broad SMARTS) is 1. The summed E-state index contributed by atoms with van der Waals surface area (Å²) in [6, 6.07) is 18.7. The van der Waals surface area contributed by atoms with Gasteiger partial charge in [-0.05, 0) is 56.4 Å². The summed E-state index contributed by atoms with van der Waals surface area (Å²) in [6.45, 7) is 2.68. The first kappa shape index (κ1) is 20.2. The van der Waals surface area contributed by atoms with Crippen molar-refractivity contribution in [2.45, 2.75) is 39.0 Å². The second-order valence-corrected chi connectivity index (χ2v) is 8.19. The topological polar surface area (TPSA) is 71.3 Å². The summed E-state index contributed by atoms with van der Waals surface area (Å²) in [7, 11) is 0. The number of para-hydroxylation sites is 2. The van der Waals surface area contributed by atoms with Gasteiger partial charge in [0.25, 0.3) is 0 Å². The zero-order valence-corrected chi connectivity index (χ0v) is 17.3. The lowest BCUT2D eigenvalue weighted by Gasteiger charge is -2.25. The van der Waals surface area contributed by atoms with Crippen molar-refractivity contribution in [3.05, 3.63) is 65.9 Å². The fourth-order valence-corrected chi connectivity index (χ4v) is 4.77. The molecule has 0 saturated heterocycles. The number of aromatic nitrogens is 1. The molecule has 1 aromatic heterocycles. The van der Waals surface area contributed by atoms with Crippen LogP contribution in [0.4, 0.5) is 0 Å². The van der Waals surface area contributed by atoms with Crippen LogP contribution in [0.25, 0.3) is 16.6 Å². The van der Waals surface area contributed by atoms with Crippen LogP contribution in [0.15, 0.2) is 54.6 Å². The summed E-state index contributed by atoms with van der Waals surface area (Å²) in [6.07, 6.45) is 3.46. The lowest BCUT2D eigenvalue weighted by Crippen LogP contribution is -2.36. The van der Waals surface area contributed by atoms with Gasteiger partial charge in [0.1, 0.15) is 0 Å². The van der Waals surface area contributed by atoms with Crippen LogP contribution in [0.1, 0.15) is 36.9 Å². The molecule has 1 heterocycles. The lowest BCUT2D eigenvalue weighted by molar-refractivity contribution is -0.144. The van der Waals surface area contributed by atoms with Gasteiger partial charge in [0.05, 0.1) is 11.4 Å². The SMILES string of the molecule is Cc1c(CCNC(=O)[C@@H]2CCC[C@H](C(=O)O)C2)c2ccccc2n1-c1ccccc1. The number of nitrogens with one attached hydrogen (secondary N) is 1. The maximum Gasteiger partial charge on any atom is 0.306 e. The minimum absolute atomic E-state index is 0.00889. The number of aliphatic carboxylic acids is 1. The number of benzene rings is 2. The molecule has 2 atom stereocenters. The molecule has 0 aliphatic heterocycles. The van der Waals surface area contributed by atoms with Crippen LogP contribution in [0.3, 0.4) is 0 Å². The Kier molecular flexibility index (Phi) is 5.88. The Morgan fingerprint density at radius 2 is 1.73 bits per heavy atom. The zero-order chi connectivity index (χ0) is 21.1. The highest BCUT2D eigenvalue weighted by molar-refractivity contribution is 5.87. The Morgan fingerprint density at radius 3 is 2.50 bits per heavy atom. The van der Waals surface area contributed by atoms with Crippen molar-refractivity contribution in [2.24, 2.45) is 11.8 Å². The summed E-state index contributed by atoms with van der Waals surface area (Å²) in [5, 5.41) is 13.5. The van der Waals surface area contributed by atoms with Gasteiger partial charge in [-0.25, -0.2) is 0 Å². The average molecular weight is 405 g/mol. The van der Waals surface area contributed by atoms with Gasteiger partial charge >= 0.3 is 5.97 Å². The standard InChI is InChI=1S/C25H28N2O3/c1-17-21(14-15-26-24(28)18-8-7-9-19(16-18)25(29)30)22-12-5-6-13-23(22)27(17)20-10-3-2-4-11-20/h2-6,10-13,18-19H,7-9,14-16H2,1H3,(H,26,28)(H,29,30)/t18-,19+/m1/s1. The van der Waals surface area contributed by atoms with E-state index in [1.54, 1.807) is 0 Å². The third-order valence-electron chi connectivity index (χ3n) is 6.33. The number of hydrogen-bond acceptors (Lipinski definition) is 2. The molecular weight excluding hydrogens is 376 g/mol. The van der Waals surface area contributed by atoms with Crippen molar-refractivity contribution >= 4 is 22.8 Å². The molecule has 30 heavy (non-hydrogen) atoms. The number of fused-ring (bicyclic) bond motifs is 1. The van der Waals surface area contributed by atoms with Crippen LogP contribution in [-0.4, -0.2) is 28.1 Å². The fraction of sp³-hybridized carbons (Fsp3) is 0.360. The van der Waals surface area contributed by atoms with Crippen LogP contribution in [0, 0.1) is 18.8 Å². The minimum Gasteiger partial charge on any atom is -0.481 e. The third-order valence-corrected chi connectivity index (χ3v) is 6.33. The molecule has 156 valence electrons. The molecule has 0 radical (unpaired) electrons. The maximum absolute atomic E-state index is 12.6. The van der Waals surface area contributed by atoms with E-state index in [-0.39, 0.29) is 17.7 Å². The van der Waals surface area contributed by atoms with Crippen molar-refractivity contribution in [1.29, 1.82) is 0 Å². The van der Waals surface area contributed by atoms with E-state index in [9.17, 15) is 14.7 Å². The lowest BCUT2D eigenvalue weighted by atomic mass is 9.81. The summed E-state index contributed by atoms with van der Waals surface area (Å²) in [4.78, 5) is 23.9. The van der Waals surface area contributed by atoms with Gasteiger partial charge in [0, 0.05) is 29.2 Å². The fourth-order valence-electron chi connectivity index (χ4n) is 4.77. The van der Waals surface area contributed by atoms with Crippen molar-refractivity contribution in [3.8, 4) is 5.69 Å². The normalized spacial score (nSPS) is 19.0. The molecule has 5 heteroatoms. The monoisotopic (exact) mass is 404 g/mol. The molecule has 1 amide bonds. The Morgan fingerprint density at radius 1 is 1.03 bits per heavy atom. The minimum atomic E-state index is -0.781. The number of rotatable bonds is 6. The van der Waals surface area contributed by atoms with E-state index in [2.05, 4.69) is 47.1 Å². The van der Waals surface area contributed by atoms with Gasteiger partial charge < -0.3 is 15.0 Å². The highest BCUT2D eigenvalue weighted by Gasteiger charge is 2.30. The number of carbonyl (C=O) groups is 2. The summed E-state index contributed by atoms with van der Waals surface area (Å²) < 4.78 is 2.27. The number of nitrogens with zero attached hydrogens (tertiary/aromatic N) is 1.